The smallest absolute Gasteiger partial charge is 0.188 e. The number of carbonyl (C=O) groups is 1. The van der Waals surface area contributed by atoms with Crippen LogP contribution in [0.3, 0.4) is 0 Å². The molecule has 9 nitrogen and oxygen atoms in total. The molecule has 0 radical (unpaired) electrons. The van der Waals surface area contributed by atoms with Crippen molar-refractivity contribution in [3.05, 3.63) is 57.8 Å². The molecular formula is C39H50N4O5S2. The number of fused-ring (bicyclic) bond motifs is 1. The number of Topliss-reactive ketones (excluding diaryl/α,β-unsaturated/α-hetero) is 1. The Morgan fingerprint density at radius 1 is 1.12 bits per heavy atom. The highest BCUT2D eigenvalue weighted by Gasteiger charge is 2.64. The summed E-state index contributed by atoms with van der Waals surface area (Å²) < 4.78 is 0. The molecule has 0 aliphatic heterocycles. The summed E-state index contributed by atoms with van der Waals surface area (Å²) in [4.78, 5) is 22.9. The number of phenols is 1. The van der Waals surface area contributed by atoms with Crippen LogP contribution in [0.15, 0.2) is 47.5 Å². The number of aliphatic imine (C=N–C) groups is 1. The molecule has 8 unspecified atom stereocenters. The zero-order valence-corrected chi connectivity index (χ0v) is 30.7. The quantitative estimate of drug-likeness (QED) is 0.0550. The molecule has 8 N–H and O–H groups in total. The summed E-state index contributed by atoms with van der Waals surface area (Å²) in [6, 6.07) is 13.4. The highest BCUT2D eigenvalue weighted by Crippen LogP contribution is 2.69. The molecule has 11 heteroatoms. The number of aromatic hydroxyl groups is 1. The molecule has 2 heterocycles. The largest absolute Gasteiger partial charge is 0.508 e. The summed E-state index contributed by atoms with van der Waals surface area (Å²) in [6.45, 7) is 3.62. The maximum Gasteiger partial charge on any atom is 0.188 e. The van der Waals surface area contributed by atoms with Crippen molar-refractivity contribution in [3.63, 3.8) is 0 Å². The molecule has 1 aromatic carbocycles. The van der Waals surface area contributed by atoms with Crippen LogP contribution in [0.1, 0.15) is 78.9 Å². The van der Waals surface area contributed by atoms with Crippen LogP contribution in [-0.2, 0) is 6.42 Å². The molecule has 0 amide bonds. The van der Waals surface area contributed by atoms with Crippen molar-refractivity contribution in [3.8, 4) is 27.3 Å². The number of phenolic OH excluding ortho intramolecular Hbond substituents is 1. The van der Waals surface area contributed by atoms with Gasteiger partial charge >= 0.3 is 0 Å². The van der Waals surface area contributed by atoms with E-state index in [1.54, 1.807) is 48.8 Å². The van der Waals surface area contributed by atoms with Crippen molar-refractivity contribution in [2.45, 2.75) is 83.5 Å². The van der Waals surface area contributed by atoms with Crippen LogP contribution in [0.2, 0.25) is 0 Å². The van der Waals surface area contributed by atoms with E-state index in [1.165, 1.54) is 0 Å². The number of benzene rings is 1. The molecule has 6 rings (SSSR count). The molecule has 2 bridgehead atoms. The number of thiophene rings is 2. The predicted octanol–water partition coefficient (Wildman–Crippen LogP) is 5.62. The van der Waals surface area contributed by atoms with Crippen molar-refractivity contribution < 1.29 is 25.2 Å². The second kappa shape index (κ2) is 15.1. The molecule has 1 spiro atoms. The average molecular weight is 719 g/mol. The second-order valence-corrected chi connectivity index (χ2v) is 16.9. The lowest BCUT2D eigenvalue weighted by Crippen LogP contribution is -2.60. The first-order valence-corrected chi connectivity index (χ1v) is 19.3. The van der Waals surface area contributed by atoms with Crippen molar-refractivity contribution in [1.82, 2.24) is 5.32 Å². The number of hydrogen-bond acceptors (Lipinski definition) is 9. The lowest BCUT2D eigenvalue weighted by molar-refractivity contribution is -0.0786. The Morgan fingerprint density at radius 2 is 1.88 bits per heavy atom. The van der Waals surface area contributed by atoms with E-state index in [0.29, 0.717) is 25.3 Å². The Hall–Kier alpha value is -3.40. The van der Waals surface area contributed by atoms with E-state index in [-0.39, 0.29) is 52.8 Å². The number of nitrogens with zero attached hydrogens (tertiary/aromatic N) is 1. The van der Waals surface area contributed by atoms with Crippen LogP contribution in [0, 0.1) is 40.4 Å². The first-order valence-electron chi connectivity index (χ1n) is 17.7. The Balaban J connectivity index is 1.33. The highest BCUT2D eigenvalue weighted by molar-refractivity contribution is 7.23. The van der Waals surface area contributed by atoms with E-state index in [2.05, 4.69) is 39.6 Å². The van der Waals surface area contributed by atoms with Crippen molar-refractivity contribution in [2.75, 3.05) is 25.5 Å². The van der Waals surface area contributed by atoms with Crippen LogP contribution in [0.4, 0.5) is 5.69 Å². The van der Waals surface area contributed by atoms with E-state index in [1.807, 2.05) is 25.1 Å². The first-order chi connectivity index (χ1) is 24.0. The van der Waals surface area contributed by atoms with Gasteiger partial charge in [0.15, 0.2) is 11.7 Å². The van der Waals surface area contributed by atoms with Gasteiger partial charge in [-0.15, -0.1) is 28.6 Å². The van der Waals surface area contributed by atoms with Gasteiger partial charge in [0.05, 0.1) is 28.6 Å². The zero-order chi connectivity index (χ0) is 35.6. The van der Waals surface area contributed by atoms with E-state index in [9.17, 15) is 25.2 Å². The van der Waals surface area contributed by atoms with Gasteiger partial charge in [-0.05, 0) is 130 Å². The van der Waals surface area contributed by atoms with Crippen LogP contribution < -0.4 is 16.4 Å². The van der Waals surface area contributed by atoms with Gasteiger partial charge in [0.1, 0.15) is 5.75 Å². The third-order valence-corrected chi connectivity index (χ3v) is 14.0. The van der Waals surface area contributed by atoms with E-state index in [4.69, 9.17) is 5.73 Å². The minimum Gasteiger partial charge on any atom is -0.508 e. The van der Waals surface area contributed by atoms with Crippen LogP contribution in [0.5, 0.6) is 5.75 Å². The molecule has 3 aliphatic rings. The van der Waals surface area contributed by atoms with Gasteiger partial charge < -0.3 is 36.8 Å². The summed E-state index contributed by atoms with van der Waals surface area (Å²) in [7, 11) is 1.67. The monoisotopic (exact) mass is 718 g/mol. The van der Waals surface area contributed by atoms with Gasteiger partial charge in [0.25, 0.3) is 0 Å². The van der Waals surface area contributed by atoms with Gasteiger partial charge in [-0.1, -0.05) is 5.92 Å². The first kappa shape index (κ1) is 36.4. The van der Waals surface area contributed by atoms with Gasteiger partial charge in [-0.3, -0.25) is 9.79 Å². The Kier molecular flexibility index (Phi) is 11.0. The van der Waals surface area contributed by atoms with Gasteiger partial charge in [0, 0.05) is 47.1 Å². The van der Waals surface area contributed by atoms with Gasteiger partial charge in [-0.2, -0.15) is 0 Å². The Bertz CT molecular complexity index is 1770. The normalized spacial score (nSPS) is 27.8. The number of nitrogens with two attached hydrogens (primary N) is 1. The summed E-state index contributed by atoms with van der Waals surface area (Å²) >= 11 is 3.19. The van der Waals surface area contributed by atoms with Crippen molar-refractivity contribution in [2.24, 2.45) is 39.3 Å². The fraction of sp³-hybridized carbons (Fsp3) is 0.538. The minimum atomic E-state index is -0.814. The van der Waals surface area contributed by atoms with E-state index >= 15 is 0 Å². The molecule has 0 saturated heterocycles. The zero-order valence-electron chi connectivity index (χ0n) is 29.1. The third kappa shape index (κ3) is 7.32. The predicted molar refractivity (Wildman–Crippen MR) is 202 cm³/mol. The van der Waals surface area contributed by atoms with Crippen LogP contribution in [0.25, 0.3) is 9.75 Å². The topological polar surface area (TPSA) is 160 Å². The second-order valence-electron chi connectivity index (χ2n) is 14.7. The third-order valence-electron chi connectivity index (χ3n) is 11.7. The maximum absolute atomic E-state index is 14.7. The number of hydrogen-bond donors (Lipinski definition) is 7. The summed E-state index contributed by atoms with van der Waals surface area (Å²) in [5.74, 6) is 6.76. The highest BCUT2D eigenvalue weighted by atomic mass is 32.1. The molecule has 50 heavy (non-hydrogen) atoms. The van der Waals surface area contributed by atoms with Gasteiger partial charge in [-0.25, -0.2) is 0 Å². The number of anilines is 1. The van der Waals surface area contributed by atoms with Crippen LogP contribution in [-0.4, -0.2) is 70.6 Å². The minimum absolute atomic E-state index is 0.0698. The maximum atomic E-state index is 14.7. The standard InChI is InChI=1S/C39H50N4O5S2/c1-4-5-29-6-7-32(49-29)33-8-9-34(50-33)36(48)30-11-13-38(12-10-26-17-25(31(47)21-44)19-39(26,30)22-38)35(43-37(40)41-3)16-24-14-27(18-28(46)15-24)42-20-23(2)45/h6-9,14-15,18,23,25-26,30-31,35,42,44-47H,10-13,16-17,19-22H2,1-3H3,(H3,40,41,43). The molecule has 268 valence electrons. The SMILES string of the molecule is CC#Cc1ccc(-c2ccc(C(=O)C3CCC4(C(Cc5cc(O)cc(NCC(C)O)c5)NC(N)=NC)CCC5CC(C(O)CO)CC53C4)s2)s1. The number of nitrogens with one attached hydrogen (secondary N) is 2. The number of aliphatic hydroxyl groups is 3. The molecule has 3 saturated carbocycles. The summed E-state index contributed by atoms with van der Waals surface area (Å²) in [5.41, 5.74) is 7.49. The van der Waals surface area contributed by atoms with Crippen LogP contribution >= 0.6 is 22.7 Å². The number of ketones is 1. The molecule has 3 aromatic rings. The van der Waals surface area contributed by atoms with Crippen molar-refractivity contribution >= 4 is 40.1 Å². The fourth-order valence-electron chi connectivity index (χ4n) is 9.45. The Morgan fingerprint density at radius 3 is 2.62 bits per heavy atom. The average Bonchev–Trinajstić information content (AvgIpc) is 3.85. The van der Waals surface area contributed by atoms with E-state index < -0.39 is 12.2 Å². The fourth-order valence-corrected chi connectivity index (χ4v) is 11.4. The Labute approximate surface area is 303 Å². The molecule has 8 atom stereocenters. The van der Waals surface area contributed by atoms with Gasteiger partial charge in [0.2, 0.25) is 0 Å². The lowest BCUT2D eigenvalue weighted by atomic mass is 9.45. The number of rotatable bonds is 12. The molecule has 3 aliphatic carbocycles. The van der Waals surface area contributed by atoms with E-state index in [0.717, 1.165) is 69.3 Å². The summed E-state index contributed by atoms with van der Waals surface area (Å²) in [6.07, 6.45) is 4.94. The number of aliphatic hydroxyl groups excluding tert-OH is 3. The lowest BCUT2D eigenvalue weighted by Gasteiger charge is -2.60. The number of carbonyl (C=O) groups excluding carboxylic acids is 1. The number of guanidine groups is 1. The molecule has 3 fully saturated rings. The molecule has 2 aromatic heterocycles. The molecular weight excluding hydrogens is 669 g/mol. The van der Waals surface area contributed by atoms with Crippen molar-refractivity contribution in [1.29, 1.82) is 0 Å². The summed E-state index contributed by atoms with van der Waals surface area (Å²) in [5, 5.41) is 48.2.